The van der Waals surface area contributed by atoms with E-state index >= 15 is 0 Å². The van der Waals surface area contributed by atoms with Gasteiger partial charge in [-0.05, 0) is 18.8 Å². The van der Waals surface area contributed by atoms with Crippen molar-refractivity contribution in [3.8, 4) is 0 Å². The largest absolute Gasteiger partial charge is 0.227 e. The zero-order chi connectivity index (χ0) is 11.5. The number of halogens is 1. The Kier molecular flexibility index (Phi) is 3.33. The monoisotopic (exact) mass is 239 g/mol. The fraction of sp³-hybridized carbons (Fsp3) is 0.600. The summed E-state index contributed by atoms with van der Waals surface area (Å²) in [6.07, 6.45) is 3.67. The standard InChI is InChI=1S/C10H14ClN5/c1-7(2)4-3-5-16-10-8(14-15-16)9(11)12-6-13-10/h6-7H,3-5H2,1-2H3. The van der Waals surface area contributed by atoms with Gasteiger partial charge in [0.25, 0.3) is 0 Å². The summed E-state index contributed by atoms with van der Waals surface area (Å²) in [5.41, 5.74) is 1.29. The molecule has 0 radical (unpaired) electrons. The van der Waals surface area contributed by atoms with Gasteiger partial charge in [0.2, 0.25) is 0 Å². The summed E-state index contributed by atoms with van der Waals surface area (Å²) in [7, 11) is 0. The van der Waals surface area contributed by atoms with E-state index in [0.717, 1.165) is 13.0 Å². The first kappa shape index (κ1) is 11.3. The van der Waals surface area contributed by atoms with Crippen molar-refractivity contribution in [3.05, 3.63) is 11.5 Å². The first-order chi connectivity index (χ1) is 7.68. The van der Waals surface area contributed by atoms with Crippen LogP contribution in [0.15, 0.2) is 6.33 Å². The minimum absolute atomic E-state index is 0.361. The average Bonchev–Trinajstić information content (AvgIpc) is 2.63. The summed E-state index contributed by atoms with van der Waals surface area (Å²) >= 11 is 5.89. The van der Waals surface area contributed by atoms with E-state index in [9.17, 15) is 0 Å². The minimum atomic E-state index is 0.361. The van der Waals surface area contributed by atoms with E-state index in [1.165, 1.54) is 12.7 Å². The van der Waals surface area contributed by atoms with Gasteiger partial charge in [0.15, 0.2) is 16.3 Å². The SMILES string of the molecule is CC(C)CCCn1nnc2c(Cl)ncnc21. The van der Waals surface area contributed by atoms with E-state index < -0.39 is 0 Å². The molecule has 0 unspecified atom stereocenters. The van der Waals surface area contributed by atoms with Crippen molar-refractivity contribution in [2.75, 3.05) is 0 Å². The van der Waals surface area contributed by atoms with Gasteiger partial charge in [-0.2, -0.15) is 0 Å². The van der Waals surface area contributed by atoms with Gasteiger partial charge in [-0.25, -0.2) is 14.6 Å². The quantitative estimate of drug-likeness (QED) is 0.769. The lowest BCUT2D eigenvalue weighted by atomic mass is 10.1. The van der Waals surface area contributed by atoms with Crippen LogP contribution in [0.3, 0.4) is 0 Å². The second-order valence-electron chi connectivity index (χ2n) is 4.19. The predicted octanol–water partition coefficient (Wildman–Crippen LogP) is 2.31. The van der Waals surface area contributed by atoms with E-state index in [0.29, 0.717) is 22.2 Å². The maximum Gasteiger partial charge on any atom is 0.183 e. The molecular formula is C10H14ClN5. The van der Waals surface area contributed by atoms with Crippen LogP contribution in [0.1, 0.15) is 26.7 Å². The third-order valence-electron chi connectivity index (χ3n) is 2.41. The summed E-state index contributed by atoms with van der Waals surface area (Å²) in [5, 5.41) is 8.37. The van der Waals surface area contributed by atoms with Crippen molar-refractivity contribution in [2.24, 2.45) is 5.92 Å². The summed E-state index contributed by atoms with van der Waals surface area (Å²) in [4.78, 5) is 8.01. The molecule has 0 bridgehead atoms. The molecule has 86 valence electrons. The number of hydrogen-bond acceptors (Lipinski definition) is 4. The normalized spacial score (nSPS) is 11.5. The van der Waals surface area contributed by atoms with E-state index in [2.05, 4.69) is 34.1 Å². The summed E-state index contributed by atoms with van der Waals surface area (Å²) in [6.45, 7) is 5.24. The Labute approximate surface area is 98.8 Å². The molecule has 6 heteroatoms. The smallest absolute Gasteiger partial charge is 0.183 e. The predicted molar refractivity (Wildman–Crippen MR) is 62.2 cm³/mol. The second-order valence-corrected chi connectivity index (χ2v) is 4.54. The topological polar surface area (TPSA) is 56.5 Å². The van der Waals surface area contributed by atoms with Crippen molar-refractivity contribution >= 4 is 22.8 Å². The van der Waals surface area contributed by atoms with E-state index in [1.54, 1.807) is 4.68 Å². The van der Waals surface area contributed by atoms with Crippen LogP contribution in [0, 0.1) is 5.92 Å². The number of rotatable bonds is 4. The van der Waals surface area contributed by atoms with Crippen LogP contribution >= 0.6 is 11.6 Å². The fourth-order valence-electron chi connectivity index (χ4n) is 1.56. The number of hydrogen-bond donors (Lipinski definition) is 0. The Morgan fingerprint density at radius 3 is 2.94 bits per heavy atom. The Hall–Kier alpha value is -1.23. The van der Waals surface area contributed by atoms with Crippen LogP contribution in [0.25, 0.3) is 11.2 Å². The van der Waals surface area contributed by atoms with Crippen LogP contribution < -0.4 is 0 Å². The zero-order valence-electron chi connectivity index (χ0n) is 9.39. The molecule has 0 N–H and O–H groups in total. The van der Waals surface area contributed by atoms with Gasteiger partial charge in [-0.15, -0.1) is 5.10 Å². The number of fused-ring (bicyclic) bond motifs is 1. The lowest BCUT2D eigenvalue weighted by Gasteiger charge is -2.04. The van der Waals surface area contributed by atoms with Gasteiger partial charge in [-0.3, -0.25) is 0 Å². The molecule has 2 heterocycles. The maximum atomic E-state index is 5.89. The van der Waals surface area contributed by atoms with Crippen LogP contribution in [-0.4, -0.2) is 25.0 Å². The molecule has 0 atom stereocenters. The molecule has 0 amide bonds. The Balaban J connectivity index is 2.16. The molecule has 0 saturated carbocycles. The maximum absolute atomic E-state index is 5.89. The average molecular weight is 240 g/mol. The highest BCUT2D eigenvalue weighted by molar-refractivity contribution is 6.33. The molecule has 0 spiro atoms. The highest BCUT2D eigenvalue weighted by Gasteiger charge is 2.09. The third-order valence-corrected chi connectivity index (χ3v) is 2.68. The molecule has 0 aliphatic carbocycles. The molecular weight excluding hydrogens is 226 g/mol. The Morgan fingerprint density at radius 2 is 2.19 bits per heavy atom. The van der Waals surface area contributed by atoms with E-state index in [4.69, 9.17) is 11.6 Å². The van der Waals surface area contributed by atoms with Crippen molar-refractivity contribution < 1.29 is 0 Å². The molecule has 0 aromatic carbocycles. The lowest BCUT2D eigenvalue weighted by molar-refractivity contribution is 0.488. The second kappa shape index (κ2) is 4.74. The number of aryl methyl sites for hydroxylation is 1. The highest BCUT2D eigenvalue weighted by atomic mass is 35.5. The van der Waals surface area contributed by atoms with E-state index in [-0.39, 0.29) is 0 Å². The van der Waals surface area contributed by atoms with Crippen LogP contribution in [0.5, 0.6) is 0 Å². The van der Waals surface area contributed by atoms with Crippen molar-refractivity contribution in [1.29, 1.82) is 0 Å². The zero-order valence-corrected chi connectivity index (χ0v) is 10.1. The molecule has 2 aromatic heterocycles. The molecule has 16 heavy (non-hydrogen) atoms. The summed E-state index contributed by atoms with van der Waals surface area (Å²) in [5.74, 6) is 0.702. The van der Waals surface area contributed by atoms with Gasteiger partial charge in [0.1, 0.15) is 6.33 Å². The fourth-order valence-corrected chi connectivity index (χ4v) is 1.73. The van der Waals surface area contributed by atoms with Gasteiger partial charge in [0, 0.05) is 6.54 Å². The highest BCUT2D eigenvalue weighted by Crippen LogP contribution is 2.16. The Morgan fingerprint density at radius 1 is 1.38 bits per heavy atom. The summed E-state index contributed by atoms with van der Waals surface area (Å²) < 4.78 is 1.78. The van der Waals surface area contributed by atoms with Gasteiger partial charge in [-0.1, -0.05) is 30.7 Å². The third kappa shape index (κ3) is 2.29. The molecule has 0 fully saturated rings. The molecule has 2 rings (SSSR count). The van der Waals surface area contributed by atoms with Crippen molar-refractivity contribution in [2.45, 2.75) is 33.2 Å². The van der Waals surface area contributed by atoms with Crippen LogP contribution in [0.2, 0.25) is 5.15 Å². The number of aromatic nitrogens is 5. The summed E-state index contributed by atoms with van der Waals surface area (Å²) in [6, 6.07) is 0. The van der Waals surface area contributed by atoms with Crippen molar-refractivity contribution in [1.82, 2.24) is 25.0 Å². The van der Waals surface area contributed by atoms with Crippen LogP contribution in [0.4, 0.5) is 0 Å². The first-order valence-corrected chi connectivity index (χ1v) is 5.76. The molecule has 2 aromatic rings. The molecule has 0 aliphatic heterocycles. The van der Waals surface area contributed by atoms with Crippen LogP contribution in [-0.2, 0) is 6.54 Å². The first-order valence-electron chi connectivity index (χ1n) is 5.38. The lowest BCUT2D eigenvalue weighted by Crippen LogP contribution is -2.03. The van der Waals surface area contributed by atoms with Gasteiger partial charge < -0.3 is 0 Å². The Bertz CT molecular complexity index is 479. The van der Waals surface area contributed by atoms with Crippen molar-refractivity contribution in [3.63, 3.8) is 0 Å². The molecule has 5 nitrogen and oxygen atoms in total. The molecule has 0 aliphatic rings. The number of nitrogens with zero attached hydrogens (tertiary/aromatic N) is 5. The van der Waals surface area contributed by atoms with Gasteiger partial charge >= 0.3 is 0 Å². The molecule has 0 saturated heterocycles. The van der Waals surface area contributed by atoms with Gasteiger partial charge in [0.05, 0.1) is 0 Å². The van der Waals surface area contributed by atoms with E-state index in [1.807, 2.05) is 0 Å². The minimum Gasteiger partial charge on any atom is -0.227 e.